The first-order chi connectivity index (χ1) is 12.6. The lowest BCUT2D eigenvalue weighted by Gasteiger charge is -2.20. The average Bonchev–Trinajstić information content (AvgIpc) is 3.16. The number of amides is 1. The van der Waals surface area contributed by atoms with Crippen LogP contribution in [0.2, 0.25) is 0 Å². The van der Waals surface area contributed by atoms with Crippen molar-refractivity contribution in [1.82, 2.24) is 10.5 Å². The molecule has 0 radical (unpaired) electrons. The van der Waals surface area contributed by atoms with Gasteiger partial charge in [-0.3, -0.25) is 10.0 Å². The van der Waals surface area contributed by atoms with E-state index in [-0.39, 0.29) is 0 Å². The van der Waals surface area contributed by atoms with Crippen molar-refractivity contribution < 1.29 is 10.0 Å². The maximum atomic E-state index is 11.4. The van der Waals surface area contributed by atoms with Crippen LogP contribution in [0.1, 0.15) is 28.4 Å². The molecule has 0 atom stereocenters. The van der Waals surface area contributed by atoms with E-state index >= 15 is 0 Å². The van der Waals surface area contributed by atoms with Gasteiger partial charge in [0.1, 0.15) is 0 Å². The summed E-state index contributed by atoms with van der Waals surface area (Å²) in [6.07, 6.45) is 0. The molecule has 2 N–H and O–H groups in total. The van der Waals surface area contributed by atoms with Crippen molar-refractivity contribution in [3.8, 4) is 11.3 Å². The third kappa shape index (κ3) is 4.09. The van der Waals surface area contributed by atoms with Crippen molar-refractivity contribution in [1.29, 1.82) is 0 Å². The Hall–Kier alpha value is -2.70. The number of benzene rings is 2. The Kier molecular flexibility index (Phi) is 5.65. The van der Waals surface area contributed by atoms with Gasteiger partial charge in [-0.25, -0.2) is 10.5 Å². The first-order valence-corrected chi connectivity index (χ1v) is 9.29. The fourth-order valence-electron chi connectivity index (χ4n) is 2.63. The van der Waals surface area contributed by atoms with E-state index in [1.165, 1.54) is 5.56 Å². The average molecular weight is 367 g/mol. The summed E-state index contributed by atoms with van der Waals surface area (Å²) in [5, 5.41) is 11.7. The molecule has 0 bridgehead atoms. The van der Waals surface area contributed by atoms with Gasteiger partial charge < -0.3 is 4.90 Å². The van der Waals surface area contributed by atoms with Gasteiger partial charge in [-0.1, -0.05) is 42.0 Å². The highest BCUT2D eigenvalue weighted by Gasteiger charge is 2.12. The summed E-state index contributed by atoms with van der Waals surface area (Å²) in [6, 6.07) is 15.6. The standard InChI is InChI=1S/C20H21N3O2S/c1-3-23(12-15-6-10-17(11-7-15)19(24)22-25)20-21-18(13-26-20)16-8-4-14(2)5-9-16/h4-11,13,25H,3,12H2,1-2H3,(H,22,24). The van der Waals surface area contributed by atoms with Crippen LogP contribution in [0.15, 0.2) is 53.9 Å². The molecule has 6 heteroatoms. The second-order valence-electron chi connectivity index (χ2n) is 6.03. The van der Waals surface area contributed by atoms with Gasteiger partial charge in [0, 0.05) is 29.6 Å². The number of hydrogen-bond acceptors (Lipinski definition) is 5. The molecule has 2 aromatic carbocycles. The van der Waals surface area contributed by atoms with Crippen LogP contribution < -0.4 is 10.4 Å². The number of nitrogens with one attached hydrogen (secondary N) is 1. The van der Waals surface area contributed by atoms with Crippen LogP contribution in [0.4, 0.5) is 5.13 Å². The number of nitrogens with zero attached hydrogens (tertiary/aromatic N) is 2. The fourth-order valence-corrected chi connectivity index (χ4v) is 3.53. The van der Waals surface area contributed by atoms with Crippen molar-refractivity contribution >= 4 is 22.4 Å². The monoisotopic (exact) mass is 367 g/mol. The minimum absolute atomic E-state index is 0.426. The number of thiazole rings is 1. The molecule has 0 fully saturated rings. The second-order valence-corrected chi connectivity index (χ2v) is 6.87. The van der Waals surface area contributed by atoms with Crippen LogP contribution in [0.5, 0.6) is 0 Å². The lowest BCUT2D eigenvalue weighted by Crippen LogP contribution is -2.22. The van der Waals surface area contributed by atoms with Crippen molar-refractivity contribution in [3.05, 3.63) is 70.6 Å². The van der Waals surface area contributed by atoms with E-state index < -0.39 is 5.91 Å². The van der Waals surface area contributed by atoms with Gasteiger partial charge in [0.15, 0.2) is 5.13 Å². The molecule has 0 saturated heterocycles. The van der Waals surface area contributed by atoms with Crippen molar-refractivity contribution in [2.75, 3.05) is 11.4 Å². The Bertz CT molecular complexity index is 873. The molecular formula is C20H21N3O2S. The Morgan fingerprint density at radius 2 is 1.85 bits per heavy atom. The number of hydrogen-bond donors (Lipinski definition) is 2. The van der Waals surface area contributed by atoms with Crippen LogP contribution in [-0.2, 0) is 6.54 Å². The highest BCUT2D eigenvalue weighted by atomic mass is 32.1. The molecule has 134 valence electrons. The van der Waals surface area contributed by atoms with Crippen LogP contribution in [0.25, 0.3) is 11.3 Å². The molecule has 0 unspecified atom stereocenters. The summed E-state index contributed by atoms with van der Waals surface area (Å²) < 4.78 is 0. The van der Waals surface area contributed by atoms with Gasteiger partial charge in [-0.05, 0) is 31.5 Å². The van der Waals surface area contributed by atoms with Gasteiger partial charge in [0.2, 0.25) is 0 Å². The van der Waals surface area contributed by atoms with Crippen LogP contribution >= 0.6 is 11.3 Å². The molecule has 0 aliphatic carbocycles. The molecule has 1 aromatic heterocycles. The highest BCUT2D eigenvalue weighted by molar-refractivity contribution is 7.14. The third-order valence-corrected chi connectivity index (χ3v) is 5.08. The zero-order valence-electron chi connectivity index (χ0n) is 14.8. The summed E-state index contributed by atoms with van der Waals surface area (Å²) in [5.74, 6) is -0.508. The Balaban J connectivity index is 1.75. The van der Waals surface area contributed by atoms with Gasteiger partial charge in [-0.2, -0.15) is 0 Å². The van der Waals surface area contributed by atoms with E-state index in [4.69, 9.17) is 10.2 Å². The molecule has 3 aromatic rings. The fraction of sp³-hybridized carbons (Fsp3) is 0.200. The minimum atomic E-state index is -0.508. The number of rotatable bonds is 6. The van der Waals surface area contributed by atoms with Gasteiger partial charge in [0.05, 0.1) is 5.69 Å². The molecule has 1 amide bonds. The zero-order chi connectivity index (χ0) is 18.5. The van der Waals surface area contributed by atoms with Crippen molar-refractivity contribution in [2.24, 2.45) is 0 Å². The smallest absolute Gasteiger partial charge is 0.274 e. The normalized spacial score (nSPS) is 10.6. The largest absolute Gasteiger partial charge is 0.344 e. The van der Waals surface area contributed by atoms with Gasteiger partial charge in [0.25, 0.3) is 5.91 Å². The first-order valence-electron chi connectivity index (χ1n) is 8.41. The summed E-state index contributed by atoms with van der Waals surface area (Å²) in [6.45, 7) is 5.71. The van der Waals surface area contributed by atoms with Gasteiger partial charge >= 0.3 is 0 Å². The minimum Gasteiger partial charge on any atom is -0.344 e. The molecule has 1 heterocycles. The molecule has 0 aliphatic rings. The van der Waals surface area contributed by atoms with Crippen LogP contribution in [-0.4, -0.2) is 22.6 Å². The topological polar surface area (TPSA) is 65.5 Å². The van der Waals surface area contributed by atoms with Crippen molar-refractivity contribution in [2.45, 2.75) is 20.4 Å². The first kappa shape index (κ1) is 18.1. The van der Waals surface area contributed by atoms with Crippen LogP contribution in [0, 0.1) is 6.92 Å². The quantitative estimate of drug-likeness (QED) is 0.505. The molecule has 0 spiro atoms. The summed E-state index contributed by atoms with van der Waals surface area (Å²) in [7, 11) is 0. The maximum absolute atomic E-state index is 11.4. The van der Waals surface area contributed by atoms with E-state index in [1.54, 1.807) is 28.9 Å². The van der Waals surface area contributed by atoms with E-state index in [0.29, 0.717) is 12.1 Å². The number of carbonyl (C=O) groups is 1. The molecule has 0 aliphatic heterocycles. The molecule has 3 rings (SSSR count). The number of anilines is 1. The lowest BCUT2D eigenvalue weighted by atomic mass is 10.1. The zero-order valence-corrected chi connectivity index (χ0v) is 15.6. The summed E-state index contributed by atoms with van der Waals surface area (Å²) in [5.41, 5.74) is 6.48. The lowest BCUT2D eigenvalue weighted by molar-refractivity contribution is 0.0706. The predicted molar refractivity (Wildman–Crippen MR) is 105 cm³/mol. The van der Waals surface area contributed by atoms with Gasteiger partial charge in [-0.15, -0.1) is 11.3 Å². The van der Waals surface area contributed by atoms with E-state index in [1.807, 2.05) is 12.1 Å². The van der Waals surface area contributed by atoms with Crippen LogP contribution in [0.3, 0.4) is 0 Å². The second kappa shape index (κ2) is 8.12. The Morgan fingerprint density at radius 1 is 1.15 bits per heavy atom. The third-order valence-electron chi connectivity index (χ3n) is 4.18. The number of aromatic nitrogens is 1. The Morgan fingerprint density at radius 3 is 2.46 bits per heavy atom. The number of hydroxylamine groups is 1. The molecule has 26 heavy (non-hydrogen) atoms. The van der Waals surface area contributed by atoms with Crippen molar-refractivity contribution in [3.63, 3.8) is 0 Å². The van der Waals surface area contributed by atoms with E-state index in [0.717, 1.165) is 28.5 Å². The van der Waals surface area contributed by atoms with E-state index in [2.05, 4.69) is 48.4 Å². The predicted octanol–water partition coefficient (Wildman–Crippen LogP) is 4.26. The molecular weight excluding hydrogens is 346 g/mol. The Labute approximate surface area is 156 Å². The SMILES string of the molecule is CCN(Cc1ccc(C(=O)NO)cc1)c1nc(-c2ccc(C)cc2)cs1. The summed E-state index contributed by atoms with van der Waals surface area (Å²) >= 11 is 1.63. The maximum Gasteiger partial charge on any atom is 0.274 e. The summed E-state index contributed by atoms with van der Waals surface area (Å²) in [4.78, 5) is 18.4. The highest BCUT2D eigenvalue weighted by Crippen LogP contribution is 2.28. The van der Waals surface area contributed by atoms with E-state index in [9.17, 15) is 4.79 Å². The molecule has 0 saturated carbocycles. The molecule has 5 nitrogen and oxygen atoms in total. The number of carbonyl (C=O) groups excluding carboxylic acids is 1. The number of aryl methyl sites for hydroxylation is 1.